The summed E-state index contributed by atoms with van der Waals surface area (Å²) >= 11 is 0. The molecule has 0 aromatic heterocycles. The largest absolute Gasteiger partial charge is 0.508 e. The van der Waals surface area contributed by atoms with E-state index in [4.69, 9.17) is 11.5 Å². The molecule has 2 aromatic carbocycles. The van der Waals surface area contributed by atoms with E-state index in [0.29, 0.717) is 5.56 Å². The number of likely N-dealkylation sites (N-methyl/N-ethyl adjacent to an activating group) is 1. The number of non-ortho nitro benzene ring substituents is 1. The first-order valence-electron chi connectivity index (χ1n) is 14.4. The number of nitrogens with one attached hydrogen (secondary N) is 1. The number of Topliss-reactive ketones (excluding diaryl/α,β-unsaturated/α-hetero) is 2. The molecule has 0 bridgehead atoms. The first kappa shape index (κ1) is 33.2. The Morgan fingerprint density at radius 2 is 1.72 bits per heavy atom. The minimum atomic E-state index is -3.06. The van der Waals surface area contributed by atoms with Crippen LogP contribution in [0.1, 0.15) is 29.5 Å². The molecule has 16 nitrogen and oxygen atoms in total. The van der Waals surface area contributed by atoms with Crippen LogP contribution in [0.3, 0.4) is 0 Å². The molecular formula is C31H33N5O11. The van der Waals surface area contributed by atoms with Gasteiger partial charge in [0.2, 0.25) is 11.7 Å². The molecule has 0 saturated heterocycles. The number of nitrogens with two attached hydrogens (primary N) is 2. The van der Waals surface area contributed by atoms with Crippen molar-refractivity contribution in [1.82, 2.24) is 4.90 Å². The highest BCUT2D eigenvalue weighted by Crippen LogP contribution is 2.56. The number of aliphatic hydroxyl groups excluding tert-OH is 3. The van der Waals surface area contributed by atoms with Crippen molar-refractivity contribution in [2.75, 3.05) is 19.4 Å². The van der Waals surface area contributed by atoms with Gasteiger partial charge in [-0.2, -0.15) is 0 Å². The predicted octanol–water partition coefficient (Wildman–Crippen LogP) is -0.0875. The fourth-order valence-corrected chi connectivity index (χ4v) is 7.04. The van der Waals surface area contributed by atoms with Gasteiger partial charge in [0.15, 0.2) is 11.4 Å². The van der Waals surface area contributed by atoms with Crippen LogP contribution in [-0.2, 0) is 25.6 Å². The summed E-state index contributed by atoms with van der Waals surface area (Å²) < 4.78 is 0. The number of fused-ring (bicyclic) bond motifs is 3. The molecule has 1 fully saturated rings. The monoisotopic (exact) mass is 651 g/mol. The second kappa shape index (κ2) is 11.6. The molecule has 1 saturated carbocycles. The Labute approximate surface area is 266 Å². The Morgan fingerprint density at radius 3 is 2.28 bits per heavy atom. The molecule has 7 atom stereocenters. The van der Waals surface area contributed by atoms with Crippen LogP contribution in [0.15, 0.2) is 53.3 Å². The van der Waals surface area contributed by atoms with Crippen molar-refractivity contribution in [2.45, 2.75) is 43.1 Å². The molecule has 0 radical (unpaired) electrons. The Kier molecular flexibility index (Phi) is 8.18. The van der Waals surface area contributed by atoms with Crippen LogP contribution in [0.2, 0.25) is 0 Å². The Morgan fingerprint density at radius 1 is 1.11 bits per heavy atom. The number of aromatic hydroxyl groups is 1. The van der Waals surface area contributed by atoms with Crippen LogP contribution in [-0.4, -0.2) is 96.6 Å². The standard InChI is InChI=1S/C31H33N5O11/c1-11-14-8-9-16(34-30(44)15(32)10-12-4-6-13(7-5-12)36(46)47)23(37)18(14)24(38)19-17(11)25(39)21-22(35(2)3)26(40)20(29(33)43)28(42)31(21,45)27(19)41/h4-9,11,15,17,21-22,25,37-39,42,45H,10,32H2,1-3H3,(H2,33,43)(H,34,44)/t11-,15-,17?,21?,22-,25-,31-/m0/s1. The third-order valence-electron chi connectivity index (χ3n) is 9.33. The first-order valence-corrected chi connectivity index (χ1v) is 14.4. The van der Waals surface area contributed by atoms with Crippen molar-refractivity contribution in [3.05, 3.63) is 80.1 Å². The highest BCUT2D eigenvalue weighted by molar-refractivity contribution is 6.24. The summed E-state index contributed by atoms with van der Waals surface area (Å²) in [7, 11) is 2.82. The smallest absolute Gasteiger partial charge is 0.269 e. The predicted molar refractivity (Wildman–Crippen MR) is 164 cm³/mol. The zero-order valence-corrected chi connectivity index (χ0v) is 25.4. The molecule has 16 heteroatoms. The Hall–Kier alpha value is -5.16. The van der Waals surface area contributed by atoms with Crippen molar-refractivity contribution in [3.63, 3.8) is 0 Å². The molecule has 5 rings (SSSR count). The molecule has 0 heterocycles. The van der Waals surface area contributed by atoms with E-state index in [1.54, 1.807) is 6.92 Å². The van der Waals surface area contributed by atoms with Gasteiger partial charge in [-0.1, -0.05) is 25.1 Å². The lowest BCUT2D eigenvalue weighted by atomic mass is 9.54. The maximum absolute atomic E-state index is 14.1. The van der Waals surface area contributed by atoms with Crippen molar-refractivity contribution < 1.29 is 49.6 Å². The number of anilines is 1. The van der Waals surface area contributed by atoms with Gasteiger partial charge < -0.3 is 42.3 Å². The molecule has 47 heavy (non-hydrogen) atoms. The van der Waals surface area contributed by atoms with Gasteiger partial charge in [0.25, 0.3) is 11.6 Å². The summed E-state index contributed by atoms with van der Waals surface area (Å²) in [5.74, 6) is -11.2. The summed E-state index contributed by atoms with van der Waals surface area (Å²) in [6.45, 7) is 1.58. The highest BCUT2D eigenvalue weighted by Gasteiger charge is 2.68. The topological polar surface area (TPSA) is 280 Å². The number of primary amides is 1. The summed E-state index contributed by atoms with van der Waals surface area (Å²) in [5.41, 5.74) is 6.84. The number of benzene rings is 2. The zero-order valence-electron chi connectivity index (χ0n) is 25.4. The van der Waals surface area contributed by atoms with Gasteiger partial charge in [0.1, 0.15) is 22.8 Å². The Balaban J connectivity index is 1.54. The van der Waals surface area contributed by atoms with Gasteiger partial charge in [0.05, 0.1) is 40.3 Å². The summed E-state index contributed by atoms with van der Waals surface area (Å²) in [5, 5.41) is 70.6. The van der Waals surface area contributed by atoms with Gasteiger partial charge in [0, 0.05) is 23.6 Å². The average molecular weight is 652 g/mol. The second-order valence-corrected chi connectivity index (χ2v) is 12.2. The molecule has 0 spiro atoms. The van der Waals surface area contributed by atoms with Crippen molar-refractivity contribution >= 4 is 40.5 Å². The van der Waals surface area contributed by atoms with Crippen LogP contribution in [0.25, 0.3) is 5.76 Å². The number of hydrogen-bond donors (Lipinski definition) is 8. The van der Waals surface area contributed by atoms with E-state index >= 15 is 0 Å². The van der Waals surface area contributed by atoms with Crippen molar-refractivity contribution in [2.24, 2.45) is 23.3 Å². The summed E-state index contributed by atoms with van der Waals surface area (Å²) in [6, 6.07) is 5.54. The molecule has 248 valence electrons. The fraction of sp³-hybridized carbons (Fsp3) is 0.355. The number of carbonyl (C=O) groups is 4. The van der Waals surface area contributed by atoms with Crippen LogP contribution in [0, 0.1) is 22.0 Å². The van der Waals surface area contributed by atoms with E-state index in [1.165, 1.54) is 55.4 Å². The minimum Gasteiger partial charge on any atom is -0.508 e. The number of ketones is 2. The SMILES string of the molecule is C[C@H]1c2ccc(NC(=O)[C@@H](N)Cc3ccc([N+](=O)[O-])cc3)c(O)c2C(O)=C2C(=O)[C@]3(O)C(O)=C(C(N)=O)C(=O)[C@@H](N(C)C)C3[C@@H](O)C21. The van der Waals surface area contributed by atoms with Gasteiger partial charge in [-0.25, -0.2) is 0 Å². The number of amides is 2. The van der Waals surface area contributed by atoms with Crippen molar-refractivity contribution in [1.29, 1.82) is 0 Å². The molecule has 0 aliphatic heterocycles. The molecule has 3 aliphatic carbocycles. The van der Waals surface area contributed by atoms with E-state index in [9.17, 15) is 54.8 Å². The summed E-state index contributed by atoms with van der Waals surface area (Å²) in [4.78, 5) is 64.1. The average Bonchev–Trinajstić information content (AvgIpc) is 2.99. The van der Waals surface area contributed by atoms with E-state index in [0.717, 1.165) is 0 Å². The maximum Gasteiger partial charge on any atom is 0.269 e. The quantitative estimate of drug-likeness (QED) is 0.0842. The number of carbonyl (C=O) groups excluding carboxylic acids is 4. The van der Waals surface area contributed by atoms with E-state index in [2.05, 4.69) is 5.32 Å². The number of nitrogens with zero attached hydrogens (tertiary/aromatic N) is 2. The second-order valence-electron chi connectivity index (χ2n) is 12.2. The fourth-order valence-electron chi connectivity index (χ4n) is 7.04. The maximum atomic E-state index is 14.1. The lowest BCUT2D eigenvalue weighted by molar-refractivity contribution is -0.384. The molecular weight excluding hydrogens is 618 g/mol. The number of phenols is 1. The number of aliphatic hydroxyl groups is 4. The molecule has 10 N–H and O–H groups in total. The van der Waals surface area contributed by atoms with E-state index in [1.807, 2.05) is 0 Å². The number of nitro groups is 1. The molecule has 3 aliphatic rings. The lowest BCUT2D eigenvalue weighted by Gasteiger charge is -2.53. The molecule has 2 aromatic rings. The number of hydrogen-bond acceptors (Lipinski definition) is 13. The van der Waals surface area contributed by atoms with Crippen molar-refractivity contribution in [3.8, 4) is 5.75 Å². The van der Waals surface area contributed by atoms with Gasteiger partial charge in [-0.05, 0) is 43.6 Å². The van der Waals surface area contributed by atoms with Gasteiger partial charge in [-0.3, -0.25) is 34.2 Å². The van der Waals surface area contributed by atoms with Crippen LogP contribution in [0.5, 0.6) is 5.75 Å². The number of phenolic OH excluding ortho intramolecular Hbond substituents is 1. The molecule has 2 amide bonds. The van der Waals surface area contributed by atoms with Crippen LogP contribution < -0.4 is 16.8 Å². The summed E-state index contributed by atoms with van der Waals surface area (Å²) in [6.07, 6.45) is -1.76. The van der Waals surface area contributed by atoms with Gasteiger partial charge >= 0.3 is 0 Å². The van der Waals surface area contributed by atoms with Gasteiger partial charge in [-0.15, -0.1) is 0 Å². The third kappa shape index (κ3) is 4.93. The van der Waals surface area contributed by atoms with Crippen LogP contribution >= 0.6 is 0 Å². The van der Waals surface area contributed by atoms with E-state index < -0.39 is 98.3 Å². The number of rotatable bonds is 7. The Bertz CT molecular complexity index is 1800. The minimum absolute atomic E-state index is 0.0174. The van der Waals surface area contributed by atoms with Crippen LogP contribution in [0.4, 0.5) is 11.4 Å². The van der Waals surface area contributed by atoms with E-state index in [-0.39, 0.29) is 28.9 Å². The normalized spacial score (nSPS) is 27.6. The highest BCUT2D eigenvalue weighted by atomic mass is 16.6. The first-order chi connectivity index (χ1) is 21.9. The number of nitro benzene ring substituents is 1. The third-order valence-corrected chi connectivity index (χ3v) is 9.33. The zero-order chi connectivity index (χ0) is 34.9. The molecule has 2 unspecified atom stereocenters. The lowest BCUT2D eigenvalue weighted by Crippen LogP contribution is -2.70.